The number of hydrogen-bond donors (Lipinski definition) is 2. The molecular formula is C10H22N2O2. The number of carbonyl (C=O) groups is 1. The molecule has 4 nitrogen and oxygen atoms in total. The van der Waals surface area contributed by atoms with Gasteiger partial charge in [0.2, 0.25) is 0 Å². The van der Waals surface area contributed by atoms with Gasteiger partial charge in [-0.2, -0.15) is 0 Å². The van der Waals surface area contributed by atoms with Crippen LogP contribution in [0.3, 0.4) is 0 Å². The topological polar surface area (TPSA) is 50.4 Å². The lowest BCUT2D eigenvalue weighted by molar-refractivity contribution is 0.131. The Labute approximate surface area is 86.4 Å². The Morgan fingerprint density at radius 3 is 2.43 bits per heavy atom. The zero-order chi connectivity index (χ0) is 11.0. The molecule has 0 bridgehead atoms. The number of amides is 1. The first-order valence-corrected chi connectivity index (χ1v) is 5.11. The molecule has 0 aromatic rings. The van der Waals surface area contributed by atoms with Crippen molar-refractivity contribution in [2.24, 2.45) is 11.8 Å². The minimum absolute atomic E-state index is 0.318. The third-order valence-corrected chi connectivity index (χ3v) is 1.70. The summed E-state index contributed by atoms with van der Waals surface area (Å²) in [7, 11) is 1.90. The first-order valence-electron chi connectivity index (χ1n) is 5.11. The molecule has 0 rings (SSSR count). The Hall–Kier alpha value is -0.770. The molecule has 0 aliphatic carbocycles. The normalized spacial score (nSPS) is 12.6. The van der Waals surface area contributed by atoms with E-state index in [0.29, 0.717) is 25.0 Å². The van der Waals surface area contributed by atoms with Gasteiger partial charge in [0.25, 0.3) is 0 Å². The monoisotopic (exact) mass is 202 g/mol. The molecule has 0 aromatic heterocycles. The molecule has 2 N–H and O–H groups in total. The third-order valence-electron chi connectivity index (χ3n) is 1.70. The van der Waals surface area contributed by atoms with Gasteiger partial charge >= 0.3 is 6.09 Å². The predicted octanol–water partition coefficient (Wildman–Crippen LogP) is 1.22. The van der Waals surface area contributed by atoms with Gasteiger partial charge in [-0.05, 0) is 25.4 Å². The smallest absolute Gasteiger partial charge is 0.407 e. The van der Waals surface area contributed by atoms with Gasteiger partial charge in [0.1, 0.15) is 0 Å². The second-order valence-corrected chi connectivity index (χ2v) is 4.04. The van der Waals surface area contributed by atoms with E-state index in [4.69, 9.17) is 4.74 Å². The molecule has 0 aromatic carbocycles. The average Bonchev–Trinajstić information content (AvgIpc) is 2.12. The molecule has 0 heterocycles. The molecule has 1 atom stereocenters. The van der Waals surface area contributed by atoms with E-state index in [-0.39, 0.29) is 6.09 Å². The van der Waals surface area contributed by atoms with E-state index in [1.807, 2.05) is 20.9 Å². The van der Waals surface area contributed by atoms with E-state index in [2.05, 4.69) is 17.6 Å². The second kappa shape index (κ2) is 7.62. The van der Waals surface area contributed by atoms with Gasteiger partial charge in [-0.15, -0.1) is 0 Å². The van der Waals surface area contributed by atoms with Crippen LogP contribution in [-0.4, -0.2) is 32.8 Å². The SMILES string of the molecule is CNCC(C)CNC(=O)OCC(C)C. The Morgan fingerprint density at radius 2 is 1.93 bits per heavy atom. The summed E-state index contributed by atoms with van der Waals surface area (Å²) in [4.78, 5) is 11.1. The molecule has 0 radical (unpaired) electrons. The lowest BCUT2D eigenvalue weighted by atomic mass is 10.2. The fraction of sp³-hybridized carbons (Fsp3) is 0.900. The number of ether oxygens (including phenoxy) is 1. The summed E-state index contributed by atoms with van der Waals surface area (Å²) in [6.07, 6.45) is -0.318. The van der Waals surface area contributed by atoms with Crippen LogP contribution >= 0.6 is 0 Å². The van der Waals surface area contributed by atoms with Gasteiger partial charge in [0.15, 0.2) is 0 Å². The summed E-state index contributed by atoms with van der Waals surface area (Å²) in [6.45, 7) is 8.11. The van der Waals surface area contributed by atoms with Gasteiger partial charge in [-0.1, -0.05) is 20.8 Å². The molecule has 1 unspecified atom stereocenters. The van der Waals surface area contributed by atoms with Crippen LogP contribution in [0.2, 0.25) is 0 Å². The van der Waals surface area contributed by atoms with Crippen LogP contribution in [0, 0.1) is 11.8 Å². The van der Waals surface area contributed by atoms with E-state index in [0.717, 1.165) is 6.54 Å². The van der Waals surface area contributed by atoms with Crippen molar-refractivity contribution >= 4 is 6.09 Å². The minimum Gasteiger partial charge on any atom is -0.449 e. The maximum absolute atomic E-state index is 11.1. The third kappa shape index (κ3) is 7.86. The Balaban J connectivity index is 3.43. The Bertz CT molecular complexity index is 160. The van der Waals surface area contributed by atoms with Crippen LogP contribution < -0.4 is 10.6 Å². The van der Waals surface area contributed by atoms with Crippen LogP contribution in [0.1, 0.15) is 20.8 Å². The van der Waals surface area contributed by atoms with E-state index in [1.165, 1.54) is 0 Å². The summed E-state index contributed by atoms with van der Waals surface area (Å²) in [6, 6.07) is 0. The van der Waals surface area contributed by atoms with Crippen LogP contribution in [0.4, 0.5) is 4.79 Å². The van der Waals surface area contributed by atoms with Gasteiger partial charge in [-0.3, -0.25) is 0 Å². The Morgan fingerprint density at radius 1 is 1.29 bits per heavy atom. The molecule has 0 aliphatic heterocycles. The standard InChI is InChI=1S/C10H22N2O2/c1-8(2)7-14-10(13)12-6-9(3)5-11-4/h8-9,11H,5-7H2,1-4H3,(H,12,13). The van der Waals surface area contributed by atoms with Gasteiger partial charge in [0, 0.05) is 6.54 Å². The summed E-state index contributed by atoms with van der Waals surface area (Å²) >= 11 is 0. The number of nitrogens with one attached hydrogen (secondary N) is 2. The van der Waals surface area contributed by atoms with Crippen molar-refractivity contribution in [2.45, 2.75) is 20.8 Å². The highest BCUT2D eigenvalue weighted by atomic mass is 16.5. The molecule has 0 fully saturated rings. The van der Waals surface area contributed by atoms with Gasteiger partial charge in [0.05, 0.1) is 6.61 Å². The summed E-state index contributed by atoms with van der Waals surface area (Å²) in [5, 5.41) is 5.77. The van der Waals surface area contributed by atoms with Crippen LogP contribution in [0.5, 0.6) is 0 Å². The van der Waals surface area contributed by atoms with Crippen molar-refractivity contribution in [3.63, 3.8) is 0 Å². The predicted molar refractivity (Wildman–Crippen MR) is 57.3 cm³/mol. The molecule has 1 amide bonds. The lowest BCUT2D eigenvalue weighted by Gasteiger charge is -2.12. The maximum Gasteiger partial charge on any atom is 0.407 e. The molecule has 0 spiro atoms. The largest absolute Gasteiger partial charge is 0.449 e. The average molecular weight is 202 g/mol. The van der Waals surface area contributed by atoms with Crippen molar-refractivity contribution in [3.8, 4) is 0 Å². The highest BCUT2D eigenvalue weighted by Gasteiger charge is 2.05. The molecule has 14 heavy (non-hydrogen) atoms. The van der Waals surface area contributed by atoms with E-state index in [9.17, 15) is 4.79 Å². The quantitative estimate of drug-likeness (QED) is 0.681. The first-order chi connectivity index (χ1) is 6.56. The zero-order valence-electron chi connectivity index (χ0n) is 9.59. The molecule has 4 heteroatoms. The summed E-state index contributed by atoms with van der Waals surface area (Å²) < 4.78 is 4.96. The highest BCUT2D eigenvalue weighted by Crippen LogP contribution is 1.93. The maximum atomic E-state index is 11.1. The number of alkyl carbamates (subject to hydrolysis) is 1. The molecular weight excluding hydrogens is 180 g/mol. The first kappa shape index (κ1) is 13.2. The Kier molecular flexibility index (Phi) is 7.20. The van der Waals surface area contributed by atoms with E-state index >= 15 is 0 Å². The van der Waals surface area contributed by atoms with Crippen LogP contribution in [0.15, 0.2) is 0 Å². The fourth-order valence-electron chi connectivity index (χ4n) is 0.972. The number of hydrogen-bond acceptors (Lipinski definition) is 3. The van der Waals surface area contributed by atoms with Crippen LogP contribution in [0.25, 0.3) is 0 Å². The highest BCUT2D eigenvalue weighted by molar-refractivity contribution is 5.67. The second-order valence-electron chi connectivity index (χ2n) is 4.04. The fourth-order valence-corrected chi connectivity index (χ4v) is 0.972. The van der Waals surface area contributed by atoms with Crippen molar-refractivity contribution in [2.75, 3.05) is 26.7 Å². The minimum atomic E-state index is -0.318. The summed E-state index contributed by atoms with van der Waals surface area (Å²) in [5.74, 6) is 0.807. The molecule has 84 valence electrons. The summed E-state index contributed by atoms with van der Waals surface area (Å²) in [5.41, 5.74) is 0. The molecule has 0 aliphatic rings. The van der Waals surface area contributed by atoms with Gasteiger partial charge in [-0.25, -0.2) is 4.79 Å². The number of rotatable bonds is 6. The van der Waals surface area contributed by atoms with E-state index < -0.39 is 0 Å². The number of carbonyl (C=O) groups excluding carboxylic acids is 1. The van der Waals surface area contributed by atoms with Crippen molar-refractivity contribution in [1.29, 1.82) is 0 Å². The van der Waals surface area contributed by atoms with Crippen LogP contribution in [-0.2, 0) is 4.74 Å². The molecule has 0 saturated heterocycles. The zero-order valence-corrected chi connectivity index (χ0v) is 9.59. The van der Waals surface area contributed by atoms with E-state index in [1.54, 1.807) is 0 Å². The van der Waals surface area contributed by atoms with Gasteiger partial charge < -0.3 is 15.4 Å². The van der Waals surface area contributed by atoms with Crippen molar-refractivity contribution in [3.05, 3.63) is 0 Å². The van der Waals surface area contributed by atoms with Crippen molar-refractivity contribution < 1.29 is 9.53 Å². The van der Waals surface area contributed by atoms with Crippen molar-refractivity contribution in [1.82, 2.24) is 10.6 Å². The molecule has 0 saturated carbocycles. The lowest BCUT2D eigenvalue weighted by Crippen LogP contribution is -2.33.